The molecule has 1 N–H and O–H groups in total. The number of hydrogen-bond donors (Lipinski definition) is 1. The molecule has 4 nitrogen and oxygen atoms in total. The van der Waals surface area contributed by atoms with Crippen LogP contribution in [-0.2, 0) is 4.74 Å². The maximum Gasteiger partial charge on any atom is 0.0991 e. The first-order valence-corrected chi connectivity index (χ1v) is 4.76. The molecule has 0 radical (unpaired) electrons. The van der Waals surface area contributed by atoms with E-state index in [4.69, 9.17) is 9.84 Å². The number of likely N-dealkylation sites (N-methyl/N-ethyl adjacent to an activating group) is 2. The highest BCUT2D eigenvalue weighted by Crippen LogP contribution is 1.88. The average molecular weight is 190 g/mol. The van der Waals surface area contributed by atoms with Gasteiger partial charge in [0.05, 0.1) is 19.9 Å². The molecular weight excluding hydrogens is 168 g/mol. The fourth-order valence-electron chi connectivity index (χ4n) is 0.896. The van der Waals surface area contributed by atoms with E-state index in [0.717, 1.165) is 19.7 Å². The molecule has 0 aliphatic carbocycles. The molecule has 0 unspecified atom stereocenters. The third-order valence-corrected chi connectivity index (χ3v) is 1.82. The number of nitrogens with zero attached hydrogens (tertiary/aromatic N) is 2. The molecule has 0 aromatic rings. The van der Waals surface area contributed by atoms with Crippen molar-refractivity contribution < 1.29 is 9.84 Å². The van der Waals surface area contributed by atoms with Gasteiger partial charge in [0.1, 0.15) is 0 Å². The number of hydrogen-bond acceptors (Lipinski definition) is 4. The largest absolute Gasteiger partial charge is 0.395 e. The molecule has 0 atom stereocenters. The number of rotatable bonds is 8. The fraction of sp³-hybridized carbons (Fsp3) is 1.00. The van der Waals surface area contributed by atoms with Crippen LogP contribution in [-0.4, -0.2) is 68.6 Å². The lowest BCUT2D eigenvalue weighted by Crippen LogP contribution is -2.30. The Balaban J connectivity index is 3.27. The summed E-state index contributed by atoms with van der Waals surface area (Å²) in [7, 11) is 4.04. The van der Waals surface area contributed by atoms with Gasteiger partial charge < -0.3 is 14.7 Å². The highest BCUT2D eigenvalue weighted by Gasteiger charge is 2.00. The molecule has 0 rings (SSSR count). The predicted molar refractivity (Wildman–Crippen MR) is 53.7 cm³/mol. The van der Waals surface area contributed by atoms with Crippen molar-refractivity contribution in [3.05, 3.63) is 0 Å². The molecule has 0 amide bonds. The molecule has 0 saturated heterocycles. The molecule has 0 spiro atoms. The van der Waals surface area contributed by atoms with E-state index in [9.17, 15) is 0 Å². The van der Waals surface area contributed by atoms with Crippen LogP contribution in [0.25, 0.3) is 0 Å². The molecule has 0 aromatic heterocycles. The van der Waals surface area contributed by atoms with E-state index in [-0.39, 0.29) is 6.61 Å². The topological polar surface area (TPSA) is 35.9 Å². The summed E-state index contributed by atoms with van der Waals surface area (Å²) in [5, 5.41) is 8.71. The van der Waals surface area contributed by atoms with Crippen LogP contribution in [0.15, 0.2) is 0 Å². The summed E-state index contributed by atoms with van der Waals surface area (Å²) in [5.74, 6) is 0. The molecule has 4 heteroatoms. The molecule has 0 heterocycles. The van der Waals surface area contributed by atoms with Crippen LogP contribution in [0, 0.1) is 0 Å². The van der Waals surface area contributed by atoms with Crippen molar-refractivity contribution in [2.45, 2.75) is 6.92 Å². The van der Waals surface area contributed by atoms with Crippen molar-refractivity contribution >= 4 is 0 Å². The molecule has 0 bridgehead atoms. The molecule has 0 aliphatic rings. The van der Waals surface area contributed by atoms with Gasteiger partial charge in [-0.25, -0.2) is 0 Å². The Morgan fingerprint density at radius 2 is 1.92 bits per heavy atom. The normalized spacial score (nSPS) is 11.5. The van der Waals surface area contributed by atoms with Gasteiger partial charge in [-0.05, 0) is 20.6 Å². The summed E-state index contributed by atoms with van der Waals surface area (Å²) in [6.45, 7) is 6.17. The summed E-state index contributed by atoms with van der Waals surface area (Å²) >= 11 is 0. The van der Waals surface area contributed by atoms with Gasteiger partial charge in [0, 0.05) is 13.1 Å². The van der Waals surface area contributed by atoms with Crippen LogP contribution in [0.1, 0.15) is 6.92 Å². The van der Waals surface area contributed by atoms with Gasteiger partial charge in [-0.3, -0.25) is 4.90 Å². The minimum Gasteiger partial charge on any atom is -0.395 e. The van der Waals surface area contributed by atoms with E-state index < -0.39 is 0 Å². The Kier molecular flexibility index (Phi) is 8.33. The van der Waals surface area contributed by atoms with Crippen LogP contribution < -0.4 is 0 Å². The minimum absolute atomic E-state index is 0.199. The second-order valence-corrected chi connectivity index (χ2v) is 3.27. The zero-order valence-corrected chi connectivity index (χ0v) is 8.99. The van der Waals surface area contributed by atoms with Crippen LogP contribution >= 0.6 is 0 Å². The monoisotopic (exact) mass is 190 g/mol. The standard InChI is InChI=1S/C9H22N2O2/c1-4-11(5-7-12)9-13-8-6-10(2)3/h12H,4-9H2,1-3H3. The van der Waals surface area contributed by atoms with Crippen LogP contribution in [0.5, 0.6) is 0 Å². The van der Waals surface area contributed by atoms with Gasteiger partial charge in [0.25, 0.3) is 0 Å². The van der Waals surface area contributed by atoms with Gasteiger partial charge in [-0.15, -0.1) is 0 Å². The predicted octanol–water partition coefficient (Wildman–Crippen LogP) is -0.164. The van der Waals surface area contributed by atoms with Crippen molar-refractivity contribution in [2.24, 2.45) is 0 Å². The van der Waals surface area contributed by atoms with Gasteiger partial charge in [-0.1, -0.05) is 6.92 Å². The van der Waals surface area contributed by atoms with Crippen LogP contribution in [0.4, 0.5) is 0 Å². The number of ether oxygens (including phenoxy) is 1. The maximum atomic E-state index is 8.71. The van der Waals surface area contributed by atoms with E-state index in [1.54, 1.807) is 0 Å². The maximum absolute atomic E-state index is 8.71. The Morgan fingerprint density at radius 1 is 1.23 bits per heavy atom. The second kappa shape index (κ2) is 8.44. The number of aliphatic hydroxyl groups is 1. The van der Waals surface area contributed by atoms with E-state index in [1.807, 2.05) is 14.1 Å². The SMILES string of the molecule is CCN(CCO)COCCN(C)C. The van der Waals surface area contributed by atoms with Crippen molar-refractivity contribution in [1.82, 2.24) is 9.80 Å². The van der Waals surface area contributed by atoms with Crippen molar-refractivity contribution in [1.29, 1.82) is 0 Å². The van der Waals surface area contributed by atoms with Crippen molar-refractivity contribution in [2.75, 3.05) is 53.7 Å². The summed E-state index contributed by atoms with van der Waals surface area (Å²) in [5.41, 5.74) is 0. The molecule has 13 heavy (non-hydrogen) atoms. The highest BCUT2D eigenvalue weighted by atomic mass is 16.5. The summed E-state index contributed by atoms with van der Waals surface area (Å²) in [6.07, 6.45) is 0. The zero-order chi connectivity index (χ0) is 10.1. The smallest absolute Gasteiger partial charge is 0.0991 e. The van der Waals surface area contributed by atoms with Crippen LogP contribution in [0.2, 0.25) is 0 Å². The average Bonchev–Trinajstić information content (AvgIpc) is 2.10. The number of aliphatic hydroxyl groups excluding tert-OH is 1. The first kappa shape index (κ1) is 12.8. The summed E-state index contributed by atoms with van der Waals surface area (Å²) in [6, 6.07) is 0. The first-order valence-electron chi connectivity index (χ1n) is 4.76. The molecule has 0 aromatic carbocycles. The third-order valence-electron chi connectivity index (χ3n) is 1.82. The Morgan fingerprint density at radius 3 is 2.38 bits per heavy atom. The Labute approximate surface area is 81.1 Å². The van der Waals surface area contributed by atoms with Gasteiger partial charge in [0.15, 0.2) is 0 Å². The van der Waals surface area contributed by atoms with Crippen LogP contribution in [0.3, 0.4) is 0 Å². The summed E-state index contributed by atoms with van der Waals surface area (Å²) in [4.78, 5) is 4.15. The van der Waals surface area contributed by atoms with Crippen molar-refractivity contribution in [3.63, 3.8) is 0 Å². The Hall–Kier alpha value is -0.160. The Bertz CT molecular complexity index is 110. The lowest BCUT2D eigenvalue weighted by molar-refractivity contribution is 0.0177. The molecule has 0 saturated carbocycles. The molecule has 0 aliphatic heterocycles. The van der Waals surface area contributed by atoms with E-state index in [2.05, 4.69) is 16.7 Å². The van der Waals surface area contributed by atoms with E-state index in [1.165, 1.54) is 0 Å². The molecule has 0 fully saturated rings. The quantitative estimate of drug-likeness (QED) is 0.426. The van der Waals surface area contributed by atoms with Gasteiger partial charge >= 0.3 is 0 Å². The summed E-state index contributed by atoms with van der Waals surface area (Å²) < 4.78 is 5.42. The highest BCUT2D eigenvalue weighted by molar-refractivity contribution is 4.47. The molecular formula is C9H22N2O2. The fourth-order valence-corrected chi connectivity index (χ4v) is 0.896. The van der Waals surface area contributed by atoms with Gasteiger partial charge in [-0.2, -0.15) is 0 Å². The first-order chi connectivity index (χ1) is 6.20. The zero-order valence-electron chi connectivity index (χ0n) is 8.99. The third kappa shape index (κ3) is 8.18. The lowest BCUT2D eigenvalue weighted by atomic mass is 10.5. The van der Waals surface area contributed by atoms with Crippen molar-refractivity contribution in [3.8, 4) is 0 Å². The van der Waals surface area contributed by atoms with Gasteiger partial charge in [0.2, 0.25) is 0 Å². The second-order valence-electron chi connectivity index (χ2n) is 3.27. The molecule has 80 valence electrons. The van der Waals surface area contributed by atoms with E-state index >= 15 is 0 Å². The minimum atomic E-state index is 0.199. The van der Waals surface area contributed by atoms with E-state index in [0.29, 0.717) is 13.3 Å². The lowest BCUT2D eigenvalue weighted by Gasteiger charge is -2.19.